The van der Waals surface area contributed by atoms with Gasteiger partial charge in [-0.05, 0) is 12.8 Å². The van der Waals surface area contributed by atoms with E-state index in [1.54, 1.807) is 28.4 Å². The molecule has 25 heavy (non-hydrogen) atoms. The fourth-order valence-corrected chi connectivity index (χ4v) is 5.04. The quantitative estimate of drug-likeness (QED) is 0.276. The van der Waals surface area contributed by atoms with E-state index in [1.165, 1.54) is 0 Å². The van der Waals surface area contributed by atoms with E-state index in [1.807, 2.05) is 0 Å². The molecule has 1 fully saturated rings. The van der Waals surface area contributed by atoms with Crippen molar-refractivity contribution in [3.8, 4) is 0 Å². The van der Waals surface area contributed by atoms with E-state index in [2.05, 4.69) is 13.8 Å². The molecule has 6 nitrogen and oxygen atoms in total. The van der Waals surface area contributed by atoms with Crippen LogP contribution in [0.5, 0.6) is 0 Å². The average molecular weight is 385 g/mol. The van der Waals surface area contributed by atoms with Gasteiger partial charge in [-0.15, -0.1) is 4.18 Å². The molecule has 150 valence electrons. The second-order valence-corrected chi connectivity index (χ2v) is 8.14. The summed E-state index contributed by atoms with van der Waals surface area (Å²) in [5, 5.41) is 0. The second kappa shape index (κ2) is 13.3. The van der Waals surface area contributed by atoms with Crippen LogP contribution in [-0.2, 0) is 39.0 Å². The van der Waals surface area contributed by atoms with Crippen molar-refractivity contribution in [3.05, 3.63) is 0 Å². The molecule has 1 heterocycles. The van der Waals surface area contributed by atoms with Gasteiger partial charge in [0.05, 0.1) is 6.61 Å². The van der Waals surface area contributed by atoms with Gasteiger partial charge in [-0.3, -0.25) is 0 Å². The summed E-state index contributed by atoms with van der Waals surface area (Å²) in [5.41, 5.74) is 0. The minimum absolute atomic E-state index is 0.135. The zero-order valence-electron chi connectivity index (χ0n) is 16.7. The number of unbranched alkanes of at least 4 members (excludes halogenated alkanes) is 2. The highest BCUT2D eigenvalue weighted by molar-refractivity contribution is 7.92. The van der Waals surface area contributed by atoms with Crippen LogP contribution in [-0.4, -0.2) is 77.3 Å². The topological polar surface area (TPSA) is 55.4 Å². The molecule has 5 atom stereocenters. The van der Waals surface area contributed by atoms with Crippen LogP contribution < -0.4 is 0 Å². The first kappa shape index (κ1) is 23.1. The molecule has 0 aromatic heterocycles. The van der Waals surface area contributed by atoms with Crippen LogP contribution in [0, 0.1) is 0 Å². The van der Waals surface area contributed by atoms with Crippen LogP contribution in [0.15, 0.2) is 0 Å². The number of methoxy groups -OCH3 is 4. The van der Waals surface area contributed by atoms with Crippen molar-refractivity contribution in [1.82, 2.24) is 0 Å². The van der Waals surface area contributed by atoms with Gasteiger partial charge in [0.2, 0.25) is 6.29 Å². The first-order valence-corrected chi connectivity index (χ1v) is 10.7. The number of hydrogen-bond acceptors (Lipinski definition) is 6. The molecule has 0 radical (unpaired) electrons. The highest BCUT2D eigenvalue weighted by Gasteiger charge is 2.50. The Morgan fingerprint density at radius 1 is 0.840 bits per heavy atom. The predicted molar refractivity (Wildman–Crippen MR) is 101 cm³/mol. The number of ether oxygens (including phenoxy) is 5. The third kappa shape index (κ3) is 6.97. The highest BCUT2D eigenvalue weighted by Crippen LogP contribution is 2.29. The maximum Gasteiger partial charge on any atom is 0.242 e. The van der Waals surface area contributed by atoms with Gasteiger partial charge in [-0.1, -0.05) is 26.7 Å². The lowest BCUT2D eigenvalue weighted by molar-refractivity contribution is -0.290. The van der Waals surface area contributed by atoms with E-state index >= 15 is 0 Å². The third-order valence-corrected chi connectivity index (χ3v) is 6.37. The molecule has 0 N–H and O–H groups in total. The van der Waals surface area contributed by atoms with E-state index in [0.29, 0.717) is 6.61 Å². The summed E-state index contributed by atoms with van der Waals surface area (Å²) in [4.78, 5) is 0. The minimum atomic E-state index is -0.474. The minimum Gasteiger partial charge on any atom is -0.382 e. The van der Waals surface area contributed by atoms with Gasteiger partial charge in [0.1, 0.15) is 35.9 Å². The Labute approximate surface area is 156 Å². The Morgan fingerprint density at radius 2 is 1.40 bits per heavy atom. The maximum absolute atomic E-state index is 6.39. The summed E-state index contributed by atoms with van der Waals surface area (Å²) in [7, 11) is 6.64. The number of hydrogen-bond donors (Lipinski definition) is 0. The zero-order chi connectivity index (χ0) is 18.7. The molecule has 1 saturated heterocycles. The molecule has 0 saturated carbocycles. The Balaban J connectivity index is 2.87. The van der Waals surface area contributed by atoms with Crippen molar-refractivity contribution in [2.45, 2.75) is 70.2 Å². The molecule has 0 aromatic carbocycles. The summed E-state index contributed by atoms with van der Waals surface area (Å²) >= 11 is -0.135. The van der Waals surface area contributed by atoms with Gasteiger partial charge in [-0.25, -0.2) is 0 Å². The van der Waals surface area contributed by atoms with E-state index in [9.17, 15) is 0 Å². The summed E-state index contributed by atoms with van der Waals surface area (Å²) in [6.07, 6.45) is 3.06. The van der Waals surface area contributed by atoms with Gasteiger partial charge in [0.15, 0.2) is 11.2 Å². The maximum atomic E-state index is 6.39. The van der Waals surface area contributed by atoms with Crippen LogP contribution >= 0.6 is 0 Å². The van der Waals surface area contributed by atoms with Crippen molar-refractivity contribution in [2.24, 2.45) is 0 Å². The van der Waals surface area contributed by atoms with Gasteiger partial charge in [-0.2, -0.15) is 0 Å². The molecule has 1 aliphatic rings. The molecule has 0 unspecified atom stereocenters. The normalized spacial score (nSPS) is 30.1. The first-order valence-electron chi connectivity index (χ1n) is 9.24. The molecule has 1 rings (SSSR count). The van der Waals surface area contributed by atoms with Crippen LogP contribution in [0.2, 0.25) is 0 Å². The summed E-state index contributed by atoms with van der Waals surface area (Å²) < 4.78 is 34.9. The lowest BCUT2D eigenvalue weighted by Crippen LogP contribution is -2.61. The van der Waals surface area contributed by atoms with Crippen LogP contribution in [0.25, 0.3) is 0 Å². The van der Waals surface area contributed by atoms with E-state index in [4.69, 9.17) is 27.9 Å². The average Bonchev–Trinajstić information content (AvgIpc) is 2.63. The molecule has 0 bridgehead atoms. The van der Waals surface area contributed by atoms with Crippen molar-refractivity contribution in [1.29, 1.82) is 0 Å². The Hall–Kier alpha value is 0.110. The van der Waals surface area contributed by atoms with Gasteiger partial charge in [0, 0.05) is 28.4 Å². The SMILES string of the molecule is CCCC[S+](CCCC)[18O][13C@H]1O[C@H](COC)[C@@H](OC)[C@H](OC)[C@@H]1OC. The summed E-state index contributed by atoms with van der Waals surface area (Å²) in [6.45, 7) is 4.83. The lowest BCUT2D eigenvalue weighted by Gasteiger charge is -2.43. The predicted octanol–water partition coefficient (Wildman–Crippen LogP) is 2.55. The van der Waals surface area contributed by atoms with Crippen LogP contribution in [0.3, 0.4) is 0 Å². The molecular weight excluding hydrogens is 347 g/mol. The van der Waals surface area contributed by atoms with E-state index in [-0.39, 0.29) is 35.6 Å². The fraction of sp³-hybridized carbons (Fsp3) is 1.00. The fourth-order valence-electron chi connectivity index (χ4n) is 3.00. The molecule has 0 spiro atoms. The van der Waals surface area contributed by atoms with Crippen molar-refractivity contribution in [3.63, 3.8) is 0 Å². The smallest absolute Gasteiger partial charge is 0.242 e. The van der Waals surface area contributed by atoms with E-state index in [0.717, 1.165) is 37.2 Å². The number of rotatable bonds is 13. The highest BCUT2D eigenvalue weighted by atomic mass is 32.2. The monoisotopic (exact) mass is 384 g/mol. The second-order valence-electron chi connectivity index (χ2n) is 6.25. The first-order chi connectivity index (χ1) is 12.2. The van der Waals surface area contributed by atoms with Crippen LogP contribution in [0.1, 0.15) is 39.5 Å². The lowest BCUT2D eigenvalue weighted by atomic mass is 10.0. The van der Waals surface area contributed by atoms with Crippen LogP contribution in [0.4, 0.5) is 0 Å². The van der Waals surface area contributed by atoms with Gasteiger partial charge < -0.3 is 23.7 Å². The molecular formula is C18H37O6S+. The molecule has 7 heteroatoms. The summed E-state index contributed by atoms with van der Waals surface area (Å²) in [5.74, 6) is 2.13. The largest absolute Gasteiger partial charge is 0.382 e. The molecule has 0 amide bonds. The Kier molecular flexibility index (Phi) is 12.3. The van der Waals surface area contributed by atoms with E-state index < -0.39 is 6.29 Å². The molecule has 0 aromatic rings. The van der Waals surface area contributed by atoms with Crippen molar-refractivity contribution in [2.75, 3.05) is 46.6 Å². The van der Waals surface area contributed by atoms with Crippen molar-refractivity contribution < 1.29 is 27.9 Å². The zero-order valence-corrected chi connectivity index (χ0v) is 17.5. The van der Waals surface area contributed by atoms with Gasteiger partial charge in [0.25, 0.3) is 0 Å². The third-order valence-electron chi connectivity index (χ3n) is 4.42. The molecule has 1 aliphatic heterocycles. The Morgan fingerprint density at radius 3 is 1.84 bits per heavy atom. The Bertz CT molecular complexity index is 325. The standard InChI is InChI=1S/C18H37O6S/c1-7-9-11-25(12-10-8-2)24-18-17(22-6)16(21-5)15(20-4)14(23-18)13-19-3/h14-18H,7-13H2,1-6H3/q+1/t14-,15-,16+,17+,18-/m1/s1/i18+1,24+2. The van der Waals surface area contributed by atoms with Crippen molar-refractivity contribution >= 4 is 11.2 Å². The molecule has 0 aliphatic carbocycles. The van der Waals surface area contributed by atoms with Gasteiger partial charge >= 0.3 is 0 Å². The summed E-state index contributed by atoms with van der Waals surface area (Å²) in [6, 6.07) is 0.